The molecule has 1 aliphatic rings. The van der Waals surface area contributed by atoms with Crippen molar-refractivity contribution in [2.24, 2.45) is 5.92 Å². The van der Waals surface area contributed by atoms with Crippen molar-refractivity contribution in [1.82, 2.24) is 10.2 Å². The highest BCUT2D eigenvalue weighted by atomic mass is 32.1. The highest BCUT2D eigenvalue weighted by Crippen LogP contribution is 2.26. The van der Waals surface area contributed by atoms with Crippen molar-refractivity contribution in [2.45, 2.75) is 31.7 Å². The third-order valence-corrected chi connectivity index (χ3v) is 5.03. The SMILES string of the molecule is CN(C(=O)CNC(=O)c1cccs1)C1CCC(CO)CC1. The van der Waals surface area contributed by atoms with Gasteiger partial charge in [0.2, 0.25) is 5.91 Å². The summed E-state index contributed by atoms with van der Waals surface area (Å²) < 4.78 is 0. The van der Waals surface area contributed by atoms with E-state index in [9.17, 15) is 9.59 Å². The summed E-state index contributed by atoms with van der Waals surface area (Å²) >= 11 is 1.36. The molecule has 2 rings (SSSR count). The number of carbonyl (C=O) groups is 2. The van der Waals surface area contributed by atoms with Gasteiger partial charge < -0.3 is 15.3 Å². The van der Waals surface area contributed by atoms with E-state index in [2.05, 4.69) is 5.32 Å². The molecular weight excluding hydrogens is 288 g/mol. The second kappa shape index (κ2) is 7.56. The average molecular weight is 310 g/mol. The number of hydrogen-bond donors (Lipinski definition) is 2. The molecule has 0 bridgehead atoms. The first kappa shape index (κ1) is 16.0. The van der Waals surface area contributed by atoms with Gasteiger partial charge >= 0.3 is 0 Å². The average Bonchev–Trinajstić information content (AvgIpc) is 3.06. The number of nitrogens with zero attached hydrogens (tertiary/aromatic N) is 1. The molecule has 21 heavy (non-hydrogen) atoms. The summed E-state index contributed by atoms with van der Waals surface area (Å²) in [5.74, 6) is 0.117. The van der Waals surface area contributed by atoms with Gasteiger partial charge in [0, 0.05) is 19.7 Å². The molecule has 2 amide bonds. The summed E-state index contributed by atoms with van der Waals surface area (Å²) in [6, 6.07) is 3.77. The number of hydrogen-bond acceptors (Lipinski definition) is 4. The molecular formula is C15H22N2O3S. The van der Waals surface area contributed by atoms with Crippen molar-refractivity contribution >= 4 is 23.2 Å². The zero-order valence-electron chi connectivity index (χ0n) is 12.2. The molecule has 0 aromatic carbocycles. The largest absolute Gasteiger partial charge is 0.396 e. The zero-order chi connectivity index (χ0) is 15.2. The minimum atomic E-state index is -0.198. The maximum Gasteiger partial charge on any atom is 0.261 e. The van der Waals surface area contributed by atoms with Crippen molar-refractivity contribution in [2.75, 3.05) is 20.2 Å². The van der Waals surface area contributed by atoms with Crippen molar-refractivity contribution in [3.63, 3.8) is 0 Å². The summed E-state index contributed by atoms with van der Waals surface area (Å²) in [5, 5.41) is 13.6. The number of amides is 2. The number of aliphatic hydroxyl groups is 1. The maximum absolute atomic E-state index is 12.1. The Morgan fingerprint density at radius 2 is 2.10 bits per heavy atom. The Labute approximate surface area is 129 Å². The molecule has 0 unspecified atom stereocenters. The molecule has 0 atom stereocenters. The standard InChI is InChI=1S/C15H22N2O3S/c1-17(12-6-4-11(10-18)5-7-12)14(19)9-16-15(20)13-3-2-8-21-13/h2-3,8,11-12,18H,4-7,9-10H2,1H3,(H,16,20). The molecule has 1 aromatic rings. The number of carbonyl (C=O) groups excluding carboxylic acids is 2. The fourth-order valence-electron chi connectivity index (χ4n) is 2.69. The lowest BCUT2D eigenvalue weighted by atomic mass is 9.86. The van der Waals surface area contributed by atoms with Crippen molar-refractivity contribution in [3.8, 4) is 0 Å². The van der Waals surface area contributed by atoms with Gasteiger partial charge in [0.05, 0.1) is 11.4 Å². The number of aliphatic hydroxyl groups excluding tert-OH is 1. The second-order valence-corrected chi connectivity index (χ2v) is 6.47. The molecule has 1 heterocycles. The van der Waals surface area contributed by atoms with E-state index in [-0.39, 0.29) is 31.0 Å². The van der Waals surface area contributed by atoms with Crippen LogP contribution in [-0.4, -0.2) is 48.1 Å². The number of nitrogens with one attached hydrogen (secondary N) is 1. The molecule has 2 N–H and O–H groups in total. The van der Waals surface area contributed by atoms with Crippen LogP contribution in [0, 0.1) is 5.92 Å². The lowest BCUT2D eigenvalue weighted by Crippen LogP contribution is -2.44. The van der Waals surface area contributed by atoms with Crippen molar-refractivity contribution in [1.29, 1.82) is 0 Å². The predicted octanol–water partition coefficient (Wildman–Crippen LogP) is 1.49. The van der Waals surface area contributed by atoms with Crippen LogP contribution in [0.3, 0.4) is 0 Å². The molecule has 0 radical (unpaired) electrons. The summed E-state index contributed by atoms with van der Waals surface area (Å²) in [7, 11) is 1.80. The van der Waals surface area contributed by atoms with Crippen LogP contribution in [0.25, 0.3) is 0 Å². The summed E-state index contributed by atoms with van der Waals surface area (Å²) in [6.45, 7) is 0.272. The van der Waals surface area contributed by atoms with Crippen LogP contribution < -0.4 is 5.32 Å². The molecule has 1 aromatic heterocycles. The third-order valence-electron chi connectivity index (χ3n) is 4.16. The first-order valence-corrected chi connectivity index (χ1v) is 8.18. The van der Waals surface area contributed by atoms with Gasteiger partial charge in [0.25, 0.3) is 5.91 Å². The first-order chi connectivity index (χ1) is 10.1. The van der Waals surface area contributed by atoms with Gasteiger partial charge in [0.15, 0.2) is 0 Å². The van der Waals surface area contributed by atoms with E-state index in [4.69, 9.17) is 5.11 Å². The molecule has 1 aliphatic carbocycles. The van der Waals surface area contributed by atoms with E-state index < -0.39 is 0 Å². The van der Waals surface area contributed by atoms with Crippen LogP contribution in [0.5, 0.6) is 0 Å². The minimum Gasteiger partial charge on any atom is -0.396 e. The monoisotopic (exact) mass is 310 g/mol. The van der Waals surface area contributed by atoms with Crippen molar-refractivity contribution in [3.05, 3.63) is 22.4 Å². The molecule has 0 spiro atoms. The van der Waals surface area contributed by atoms with Crippen LogP contribution >= 0.6 is 11.3 Å². The fourth-order valence-corrected chi connectivity index (χ4v) is 3.33. The molecule has 0 saturated heterocycles. The van der Waals surface area contributed by atoms with Gasteiger partial charge in [-0.2, -0.15) is 0 Å². The summed E-state index contributed by atoms with van der Waals surface area (Å²) in [5.41, 5.74) is 0. The highest BCUT2D eigenvalue weighted by molar-refractivity contribution is 7.12. The van der Waals surface area contributed by atoms with E-state index in [1.807, 2.05) is 11.4 Å². The van der Waals surface area contributed by atoms with Crippen LogP contribution in [0.2, 0.25) is 0 Å². The normalized spacial score (nSPS) is 21.8. The van der Waals surface area contributed by atoms with Gasteiger partial charge in [-0.1, -0.05) is 6.07 Å². The Balaban J connectivity index is 1.76. The molecule has 6 heteroatoms. The van der Waals surface area contributed by atoms with Crippen LogP contribution in [0.1, 0.15) is 35.4 Å². The summed E-state index contributed by atoms with van der Waals surface area (Å²) in [4.78, 5) is 26.3. The summed E-state index contributed by atoms with van der Waals surface area (Å²) in [6.07, 6.45) is 3.76. The van der Waals surface area contributed by atoms with E-state index in [0.717, 1.165) is 25.7 Å². The zero-order valence-corrected chi connectivity index (χ0v) is 13.1. The van der Waals surface area contributed by atoms with E-state index in [1.54, 1.807) is 18.0 Å². The molecule has 1 fully saturated rings. The Kier molecular flexibility index (Phi) is 5.76. The molecule has 116 valence electrons. The third kappa shape index (κ3) is 4.28. The maximum atomic E-state index is 12.1. The number of thiophene rings is 1. The van der Waals surface area contributed by atoms with E-state index in [1.165, 1.54) is 11.3 Å². The van der Waals surface area contributed by atoms with Gasteiger partial charge in [-0.25, -0.2) is 0 Å². The lowest BCUT2D eigenvalue weighted by Gasteiger charge is -2.34. The second-order valence-electron chi connectivity index (χ2n) is 5.52. The minimum absolute atomic E-state index is 0.0349. The fraction of sp³-hybridized carbons (Fsp3) is 0.600. The Hall–Kier alpha value is -1.40. The van der Waals surface area contributed by atoms with Crippen LogP contribution in [-0.2, 0) is 4.79 Å². The molecule has 0 aliphatic heterocycles. The van der Waals surface area contributed by atoms with Crippen LogP contribution in [0.4, 0.5) is 0 Å². The van der Waals surface area contributed by atoms with Crippen molar-refractivity contribution < 1.29 is 14.7 Å². The Morgan fingerprint density at radius 3 is 2.67 bits per heavy atom. The van der Waals surface area contributed by atoms with Crippen LogP contribution in [0.15, 0.2) is 17.5 Å². The van der Waals surface area contributed by atoms with Gasteiger partial charge in [-0.15, -0.1) is 11.3 Å². The topological polar surface area (TPSA) is 69.6 Å². The smallest absolute Gasteiger partial charge is 0.261 e. The van der Waals surface area contributed by atoms with Gasteiger partial charge in [-0.05, 0) is 43.0 Å². The Morgan fingerprint density at radius 1 is 1.38 bits per heavy atom. The van der Waals surface area contributed by atoms with Gasteiger partial charge in [0.1, 0.15) is 0 Å². The van der Waals surface area contributed by atoms with E-state index in [0.29, 0.717) is 10.8 Å². The van der Waals surface area contributed by atoms with E-state index >= 15 is 0 Å². The Bertz CT molecular complexity index is 467. The quantitative estimate of drug-likeness (QED) is 0.865. The number of likely N-dealkylation sites (N-methyl/N-ethyl adjacent to an activating group) is 1. The predicted molar refractivity (Wildman–Crippen MR) is 82.3 cm³/mol. The molecule has 1 saturated carbocycles. The first-order valence-electron chi connectivity index (χ1n) is 7.30. The number of rotatable bonds is 5. The van der Waals surface area contributed by atoms with Gasteiger partial charge in [-0.3, -0.25) is 9.59 Å². The lowest BCUT2D eigenvalue weighted by molar-refractivity contribution is -0.131. The highest BCUT2D eigenvalue weighted by Gasteiger charge is 2.26. The molecule has 5 nitrogen and oxygen atoms in total.